The predicted octanol–water partition coefficient (Wildman–Crippen LogP) is 4.67. The molecule has 33 heavy (non-hydrogen) atoms. The molecule has 0 aliphatic carbocycles. The molecule has 2 aromatic heterocycles. The molecular formula is C22H21ClF3N5OS. The monoisotopic (exact) mass is 495 g/mol. The Labute approximate surface area is 198 Å². The first-order chi connectivity index (χ1) is 15.9. The van der Waals surface area contributed by atoms with Gasteiger partial charge < -0.3 is 9.64 Å². The van der Waals surface area contributed by atoms with E-state index in [0.717, 1.165) is 59.5 Å². The molecule has 3 aromatic rings. The van der Waals surface area contributed by atoms with E-state index in [1.807, 2.05) is 0 Å². The largest absolute Gasteiger partial charge is 0.416 e. The van der Waals surface area contributed by atoms with Gasteiger partial charge in [-0.2, -0.15) is 13.2 Å². The summed E-state index contributed by atoms with van der Waals surface area (Å²) in [5.74, 6) is 0.441. The van der Waals surface area contributed by atoms with Crippen molar-refractivity contribution in [1.29, 1.82) is 0 Å². The summed E-state index contributed by atoms with van der Waals surface area (Å²) in [7, 11) is 0. The van der Waals surface area contributed by atoms with Crippen LogP contribution in [0.1, 0.15) is 21.7 Å². The Bertz CT molecular complexity index is 1130. The van der Waals surface area contributed by atoms with Gasteiger partial charge in [0.05, 0.1) is 29.3 Å². The molecule has 4 heterocycles. The second kappa shape index (κ2) is 9.17. The maximum atomic E-state index is 12.8. The Balaban J connectivity index is 1.27. The van der Waals surface area contributed by atoms with Gasteiger partial charge in [-0.3, -0.25) is 4.90 Å². The number of rotatable bonds is 4. The number of thiazole rings is 1. The molecule has 0 atom stereocenters. The van der Waals surface area contributed by atoms with Crippen LogP contribution >= 0.6 is 22.9 Å². The molecule has 11 heteroatoms. The van der Waals surface area contributed by atoms with Crippen molar-refractivity contribution in [2.45, 2.75) is 25.7 Å². The number of anilines is 1. The Morgan fingerprint density at radius 3 is 2.55 bits per heavy atom. The number of alkyl halides is 3. The quantitative estimate of drug-likeness (QED) is 0.524. The summed E-state index contributed by atoms with van der Waals surface area (Å²) in [6, 6.07) is 4.95. The van der Waals surface area contributed by atoms with Gasteiger partial charge in [-0.1, -0.05) is 35.1 Å². The van der Waals surface area contributed by atoms with Crippen molar-refractivity contribution in [1.82, 2.24) is 19.9 Å². The highest BCUT2D eigenvalue weighted by Crippen LogP contribution is 2.33. The molecule has 1 fully saturated rings. The van der Waals surface area contributed by atoms with E-state index in [1.165, 1.54) is 12.1 Å². The molecule has 0 amide bonds. The minimum absolute atomic E-state index is 0.441. The van der Waals surface area contributed by atoms with Crippen LogP contribution in [0.3, 0.4) is 0 Å². The zero-order valence-electron chi connectivity index (χ0n) is 17.6. The Morgan fingerprint density at radius 2 is 1.82 bits per heavy atom. The lowest BCUT2D eigenvalue weighted by Crippen LogP contribution is -2.36. The minimum Gasteiger partial charge on any atom is -0.378 e. The van der Waals surface area contributed by atoms with Crippen LogP contribution < -0.4 is 4.90 Å². The zero-order valence-corrected chi connectivity index (χ0v) is 19.2. The number of halogens is 4. The van der Waals surface area contributed by atoms with Gasteiger partial charge in [-0.05, 0) is 12.1 Å². The summed E-state index contributed by atoms with van der Waals surface area (Å²) >= 11 is 8.05. The summed E-state index contributed by atoms with van der Waals surface area (Å²) in [5.41, 5.74) is 1.84. The maximum Gasteiger partial charge on any atom is 0.416 e. The van der Waals surface area contributed by atoms with Crippen molar-refractivity contribution in [3.8, 4) is 11.4 Å². The number of aromatic nitrogens is 3. The number of hydrogen-bond donors (Lipinski definition) is 0. The number of morpholine rings is 1. The van der Waals surface area contributed by atoms with E-state index in [1.54, 1.807) is 17.5 Å². The highest BCUT2D eigenvalue weighted by Gasteiger charge is 2.30. The third kappa shape index (κ3) is 4.98. The average Bonchev–Trinajstić information content (AvgIpc) is 3.19. The average molecular weight is 496 g/mol. The van der Waals surface area contributed by atoms with Crippen LogP contribution in [-0.2, 0) is 30.4 Å². The van der Waals surface area contributed by atoms with Crippen LogP contribution in [0.4, 0.5) is 18.3 Å². The molecular weight excluding hydrogens is 475 g/mol. The lowest BCUT2D eigenvalue weighted by molar-refractivity contribution is -0.137. The molecule has 5 rings (SSSR count). The van der Waals surface area contributed by atoms with Gasteiger partial charge in [0.1, 0.15) is 5.15 Å². The maximum absolute atomic E-state index is 12.8. The smallest absolute Gasteiger partial charge is 0.378 e. The highest BCUT2D eigenvalue weighted by molar-refractivity contribution is 7.16. The second-order valence-corrected chi connectivity index (χ2v) is 9.43. The zero-order chi connectivity index (χ0) is 23.0. The van der Waals surface area contributed by atoms with Crippen molar-refractivity contribution in [2.75, 3.05) is 37.7 Å². The second-order valence-electron chi connectivity index (χ2n) is 8.01. The van der Waals surface area contributed by atoms with E-state index in [9.17, 15) is 13.2 Å². The van der Waals surface area contributed by atoms with Gasteiger partial charge in [0, 0.05) is 56.5 Å². The van der Waals surface area contributed by atoms with Gasteiger partial charge in [-0.25, -0.2) is 15.0 Å². The first-order valence-corrected chi connectivity index (χ1v) is 11.8. The van der Waals surface area contributed by atoms with Gasteiger partial charge in [0.15, 0.2) is 11.0 Å². The highest BCUT2D eigenvalue weighted by atomic mass is 35.5. The minimum atomic E-state index is -4.36. The topological polar surface area (TPSA) is 54.4 Å². The molecule has 2 aliphatic rings. The standard InChI is InChI=1S/C22H21ClF3N5OS/c23-19-18(33-21(29-19)31-7-9-32-10-8-31)13-30-6-5-17-15(12-30)11-27-20(28-17)14-1-3-16(4-2-14)22(24,25)26/h1-4,11H,5-10,12-13H2. The van der Waals surface area contributed by atoms with Crippen LogP contribution in [0.2, 0.25) is 5.15 Å². The van der Waals surface area contributed by atoms with E-state index < -0.39 is 11.7 Å². The lowest BCUT2D eigenvalue weighted by atomic mass is 10.1. The fourth-order valence-electron chi connectivity index (χ4n) is 3.97. The summed E-state index contributed by atoms with van der Waals surface area (Å²) in [4.78, 5) is 19.1. The Morgan fingerprint density at radius 1 is 1.06 bits per heavy atom. The number of fused-ring (bicyclic) bond motifs is 1. The van der Waals surface area contributed by atoms with Crippen molar-refractivity contribution in [3.05, 3.63) is 57.3 Å². The van der Waals surface area contributed by atoms with Crippen LogP contribution in [-0.4, -0.2) is 52.7 Å². The first kappa shape index (κ1) is 22.5. The fourth-order valence-corrected chi connectivity index (χ4v) is 5.32. The lowest BCUT2D eigenvalue weighted by Gasteiger charge is -2.27. The summed E-state index contributed by atoms with van der Waals surface area (Å²) in [6.07, 6.45) is -1.85. The molecule has 6 nitrogen and oxygen atoms in total. The van der Waals surface area contributed by atoms with Crippen LogP contribution in [0.25, 0.3) is 11.4 Å². The molecule has 0 bridgehead atoms. The van der Waals surface area contributed by atoms with Crippen molar-refractivity contribution in [2.24, 2.45) is 0 Å². The fraction of sp³-hybridized carbons (Fsp3) is 0.409. The number of hydrogen-bond acceptors (Lipinski definition) is 7. The molecule has 0 N–H and O–H groups in total. The molecule has 174 valence electrons. The van der Waals surface area contributed by atoms with Crippen LogP contribution in [0, 0.1) is 0 Å². The molecule has 2 aliphatic heterocycles. The summed E-state index contributed by atoms with van der Waals surface area (Å²) < 4.78 is 43.8. The van der Waals surface area contributed by atoms with Crippen LogP contribution in [0.5, 0.6) is 0 Å². The molecule has 1 saturated heterocycles. The molecule has 0 spiro atoms. The first-order valence-electron chi connectivity index (χ1n) is 10.6. The summed E-state index contributed by atoms with van der Waals surface area (Å²) in [6.45, 7) is 5.22. The third-order valence-corrected chi connectivity index (χ3v) is 7.30. The molecule has 0 radical (unpaired) electrons. The van der Waals surface area contributed by atoms with Gasteiger partial charge in [0.2, 0.25) is 0 Å². The van der Waals surface area contributed by atoms with Gasteiger partial charge >= 0.3 is 6.18 Å². The SMILES string of the molecule is FC(F)(F)c1ccc(-c2ncc3c(n2)CCN(Cc2sc(N4CCOCC4)nc2Cl)C3)cc1. The summed E-state index contributed by atoms with van der Waals surface area (Å²) in [5, 5.41) is 1.47. The van der Waals surface area contributed by atoms with E-state index in [2.05, 4.69) is 24.8 Å². The predicted molar refractivity (Wildman–Crippen MR) is 120 cm³/mol. The molecule has 1 aromatic carbocycles. The molecule has 0 unspecified atom stereocenters. The van der Waals surface area contributed by atoms with E-state index in [-0.39, 0.29) is 0 Å². The third-order valence-electron chi connectivity index (χ3n) is 5.77. The van der Waals surface area contributed by atoms with Crippen molar-refractivity contribution >= 4 is 28.1 Å². The van der Waals surface area contributed by atoms with Crippen molar-refractivity contribution < 1.29 is 17.9 Å². The number of benzene rings is 1. The van der Waals surface area contributed by atoms with Crippen molar-refractivity contribution in [3.63, 3.8) is 0 Å². The van der Waals surface area contributed by atoms with E-state index in [0.29, 0.717) is 42.8 Å². The Kier molecular flexibility index (Phi) is 6.26. The van der Waals surface area contributed by atoms with Gasteiger partial charge in [-0.15, -0.1) is 0 Å². The van der Waals surface area contributed by atoms with Crippen LogP contribution in [0.15, 0.2) is 30.5 Å². The normalized spacial score (nSPS) is 17.3. The van der Waals surface area contributed by atoms with Gasteiger partial charge in [0.25, 0.3) is 0 Å². The van der Waals surface area contributed by atoms with E-state index >= 15 is 0 Å². The van der Waals surface area contributed by atoms with E-state index in [4.69, 9.17) is 16.3 Å². The number of nitrogens with zero attached hydrogens (tertiary/aromatic N) is 5. The Hall–Kier alpha value is -2.27. The number of ether oxygens (including phenoxy) is 1. The molecule has 0 saturated carbocycles.